The van der Waals surface area contributed by atoms with Crippen molar-refractivity contribution < 1.29 is 5.11 Å². The van der Waals surface area contributed by atoms with Gasteiger partial charge in [-0.15, -0.1) is 11.3 Å². The zero-order valence-corrected chi connectivity index (χ0v) is 15.5. The van der Waals surface area contributed by atoms with E-state index in [0.29, 0.717) is 13.1 Å². The molecule has 0 radical (unpaired) electrons. The molecule has 3 aromatic rings. The number of β-amino-alcohol motifs (C(OH)–C–C–N with tert-alkyl or cyclic N) is 1. The number of anilines is 1. The Bertz CT molecular complexity index is 822. The lowest BCUT2D eigenvalue weighted by molar-refractivity contribution is 0.129. The summed E-state index contributed by atoms with van der Waals surface area (Å²) < 4.78 is 0. The van der Waals surface area contributed by atoms with E-state index < -0.39 is 0 Å². The molecule has 4 nitrogen and oxygen atoms in total. The van der Waals surface area contributed by atoms with Gasteiger partial charge in [-0.25, -0.2) is 4.98 Å². The molecule has 1 aliphatic rings. The van der Waals surface area contributed by atoms with E-state index in [1.54, 1.807) is 11.3 Å². The Kier molecular flexibility index (Phi) is 5.29. The average Bonchev–Trinajstić information content (AvgIpc) is 3.09. The van der Waals surface area contributed by atoms with Gasteiger partial charge >= 0.3 is 0 Å². The second-order valence-electron chi connectivity index (χ2n) is 6.70. The molecule has 0 saturated carbocycles. The lowest BCUT2D eigenvalue weighted by atomic mass is 10.2. The molecule has 1 aliphatic heterocycles. The van der Waals surface area contributed by atoms with Gasteiger partial charge in [0, 0.05) is 43.7 Å². The Morgan fingerprint density at radius 2 is 1.69 bits per heavy atom. The summed E-state index contributed by atoms with van der Waals surface area (Å²) in [6, 6.07) is 20.7. The third kappa shape index (κ3) is 4.12. The maximum Gasteiger partial charge on any atom is 0.185 e. The minimum absolute atomic E-state index is 0.370. The van der Waals surface area contributed by atoms with E-state index in [1.807, 2.05) is 24.3 Å². The Morgan fingerprint density at radius 1 is 0.962 bits per heavy atom. The monoisotopic (exact) mass is 365 g/mol. The minimum Gasteiger partial charge on any atom is -0.390 e. The largest absolute Gasteiger partial charge is 0.390 e. The van der Waals surface area contributed by atoms with Crippen molar-refractivity contribution in [2.75, 3.05) is 31.1 Å². The first-order valence-corrected chi connectivity index (χ1v) is 9.86. The van der Waals surface area contributed by atoms with Gasteiger partial charge in [0.2, 0.25) is 0 Å². The van der Waals surface area contributed by atoms with Crippen LogP contribution in [-0.2, 0) is 6.54 Å². The van der Waals surface area contributed by atoms with E-state index >= 15 is 0 Å². The number of aliphatic hydroxyl groups excluding tert-OH is 1. The van der Waals surface area contributed by atoms with Gasteiger partial charge in [-0.1, -0.05) is 60.7 Å². The fourth-order valence-corrected chi connectivity index (χ4v) is 4.24. The molecule has 134 valence electrons. The molecule has 0 spiro atoms. The van der Waals surface area contributed by atoms with Gasteiger partial charge in [-0.3, -0.25) is 4.90 Å². The molecule has 2 aromatic carbocycles. The smallest absolute Gasteiger partial charge is 0.185 e. The first-order chi connectivity index (χ1) is 12.8. The Hall–Kier alpha value is -2.21. The van der Waals surface area contributed by atoms with Crippen LogP contribution in [0.15, 0.2) is 66.0 Å². The van der Waals surface area contributed by atoms with Crippen molar-refractivity contribution in [1.29, 1.82) is 0 Å². The van der Waals surface area contributed by atoms with E-state index in [0.717, 1.165) is 36.0 Å². The van der Waals surface area contributed by atoms with Crippen LogP contribution >= 0.6 is 11.3 Å². The Balaban J connectivity index is 1.45. The molecule has 1 saturated heterocycles. The summed E-state index contributed by atoms with van der Waals surface area (Å²) in [5.74, 6) is 0. The minimum atomic E-state index is -0.370. The topological polar surface area (TPSA) is 39.6 Å². The summed E-state index contributed by atoms with van der Waals surface area (Å²) in [5, 5.41) is 13.6. The number of benzene rings is 2. The van der Waals surface area contributed by atoms with Crippen LogP contribution < -0.4 is 4.90 Å². The molecule has 2 heterocycles. The lowest BCUT2D eigenvalue weighted by Crippen LogP contribution is -2.33. The van der Waals surface area contributed by atoms with Crippen LogP contribution in [0.25, 0.3) is 11.3 Å². The van der Waals surface area contributed by atoms with Crippen molar-refractivity contribution >= 4 is 16.5 Å². The summed E-state index contributed by atoms with van der Waals surface area (Å²) >= 11 is 1.65. The van der Waals surface area contributed by atoms with Gasteiger partial charge in [0.25, 0.3) is 0 Å². The van der Waals surface area contributed by atoms with Crippen LogP contribution in [0.5, 0.6) is 0 Å². The zero-order valence-electron chi connectivity index (χ0n) is 14.7. The van der Waals surface area contributed by atoms with E-state index in [1.165, 1.54) is 5.56 Å². The van der Waals surface area contributed by atoms with Crippen LogP contribution in [0.1, 0.15) is 5.56 Å². The van der Waals surface area contributed by atoms with Gasteiger partial charge in [0.1, 0.15) is 0 Å². The SMILES string of the molecule is O[C@@H]1CN(Cc2ccccc2)CCN(c2nc(-c3ccccc3)cs2)C1. The highest BCUT2D eigenvalue weighted by Gasteiger charge is 2.23. The van der Waals surface area contributed by atoms with Crippen molar-refractivity contribution in [2.45, 2.75) is 12.6 Å². The van der Waals surface area contributed by atoms with Gasteiger partial charge in [-0.05, 0) is 5.56 Å². The highest BCUT2D eigenvalue weighted by atomic mass is 32.1. The molecule has 0 unspecified atom stereocenters. The van der Waals surface area contributed by atoms with Gasteiger partial charge in [0.05, 0.1) is 11.8 Å². The third-order valence-corrected chi connectivity index (χ3v) is 5.57. The van der Waals surface area contributed by atoms with Crippen LogP contribution in [0.4, 0.5) is 5.13 Å². The molecule has 0 aliphatic carbocycles. The van der Waals surface area contributed by atoms with Crippen molar-refractivity contribution in [1.82, 2.24) is 9.88 Å². The second kappa shape index (κ2) is 7.99. The first kappa shape index (κ1) is 17.2. The standard InChI is InChI=1S/C21H23N3OS/c25-19-14-23(13-17-7-3-1-4-8-17)11-12-24(15-19)21-22-20(16-26-21)18-9-5-2-6-10-18/h1-10,16,19,25H,11-15H2/t19-/m1/s1. The van der Waals surface area contributed by atoms with Crippen molar-refractivity contribution in [3.63, 3.8) is 0 Å². The van der Waals surface area contributed by atoms with E-state index in [2.05, 4.69) is 51.6 Å². The first-order valence-electron chi connectivity index (χ1n) is 8.98. The summed E-state index contributed by atoms with van der Waals surface area (Å²) in [6.45, 7) is 4.01. The predicted molar refractivity (Wildman–Crippen MR) is 107 cm³/mol. The number of nitrogens with zero attached hydrogens (tertiary/aromatic N) is 3. The van der Waals surface area contributed by atoms with E-state index in [4.69, 9.17) is 4.98 Å². The van der Waals surface area contributed by atoms with Gasteiger partial charge < -0.3 is 10.0 Å². The summed E-state index contributed by atoms with van der Waals surface area (Å²) in [5.41, 5.74) is 3.43. The summed E-state index contributed by atoms with van der Waals surface area (Å²) in [4.78, 5) is 9.34. The fraction of sp³-hybridized carbons (Fsp3) is 0.286. The number of aliphatic hydroxyl groups is 1. The maximum absolute atomic E-state index is 10.5. The van der Waals surface area contributed by atoms with Crippen molar-refractivity contribution in [3.8, 4) is 11.3 Å². The molecular formula is C21H23N3OS. The van der Waals surface area contributed by atoms with Crippen molar-refractivity contribution in [2.24, 2.45) is 0 Å². The molecule has 1 fully saturated rings. The number of rotatable bonds is 4. The molecule has 1 aromatic heterocycles. The summed E-state index contributed by atoms with van der Waals surface area (Å²) in [7, 11) is 0. The Morgan fingerprint density at radius 3 is 2.46 bits per heavy atom. The quantitative estimate of drug-likeness (QED) is 0.768. The highest BCUT2D eigenvalue weighted by molar-refractivity contribution is 7.14. The van der Waals surface area contributed by atoms with Crippen LogP contribution in [0.3, 0.4) is 0 Å². The lowest BCUT2D eigenvalue weighted by Gasteiger charge is -2.21. The zero-order chi connectivity index (χ0) is 17.8. The van der Waals surface area contributed by atoms with Gasteiger partial charge in [0.15, 0.2) is 5.13 Å². The molecule has 26 heavy (non-hydrogen) atoms. The number of hydrogen-bond acceptors (Lipinski definition) is 5. The van der Waals surface area contributed by atoms with E-state index in [9.17, 15) is 5.11 Å². The van der Waals surface area contributed by atoms with Crippen LogP contribution in [-0.4, -0.2) is 47.3 Å². The molecule has 0 bridgehead atoms. The molecule has 4 rings (SSSR count). The highest BCUT2D eigenvalue weighted by Crippen LogP contribution is 2.28. The predicted octanol–water partition coefficient (Wildman–Crippen LogP) is 3.49. The second-order valence-corrected chi connectivity index (χ2v) is 7.54. The van der Waals surface area contributed by atoms with Crippen LogP contribution in [0.2, 0.25) is 0 Å². The number of thiazole rings is 1. The Labute approximate surface area is 158 Å². The van der Waals surface area contributed by atoms with Crippen LogP contribution in [0, 0.1) is 0 Å². The van der Waals surface area contributed by atoms with E-state index in [-0.39, 0.29) is 6.10 Å². The summed E-state index contributed by atoms with van der Waals surface area (Å²) in [6.07, 6.45) is -0.370. The molecule has 0 amide bonds. The molecule has 5 heteroatoms. The number of hydrogen-bond donors (Lipinski definition) is 1. The van der Waals surface area contributed by atoms with Gasteiger partial charge in [-0.2, -0.15) is 0 Å². The number of aromatic nitrogens is 1. The molecule has 1 atom stereocenters. The average molecular weight is 366 g/mol. The molecule has 1 N–H and O–H groups in total. The normalized spacial score (nSPS) is 18.7. The maximum atomic E-state index is 10.5. The fourth-order valence-electron chi connectivity index (χ4n) is 3.36. The van der Waals surface area contributed by atoms with Crippen molar-refractivity contribution in [3.05, 3.63) is 71.6 Å². The molecular weight excluding hydrogens is 342 g/mol. The third-order valence-electron chi connectivity index (χ3n) is 4.67.